The van der Waals surface area contributed by atoms with Gasteiger partial charge >= 0.3 is 0 Å². The quantitative estimate of drug-likeness (QED) is 0.747. The highest BCUT2D eigenvalue weighted by atomic mass is 16.5. The Hall–Kier alpha value is -2.89. The van der Waals surface area contributed by atoms with Crippen molar-refractivity contribution in [2.75, 3.05) is 12.8 Å². The molecule has 2 N–H and O–H groups in total. The summed E-state index contributed by atoms with van der Waals surface area (Å²) < 4.78 is 6.93. The van der Waals surface area contributed by atoms with Crippen molar-refractivity contribution >= 4 is 5.69 Å². The van der Waals surface area contributed by atoms with Crippen LogP contribution in [0.25, 0.3) is 11.4 Å². The molecule has 1 aromatic heterocycles. The van der Waals surface area contributed by atoms with E-state index in [4.69, 9.17) is 10.5 Å². The molecule has 0 radical (unpaired) electrons. The van der Waals surface area contributed by atoms with Crippen LogP contribution in [-0.4, -0.2) is 27.3 Å². The van der Waals surface area contributed by atoms with Gasteiger partial charge in [0.2, 0.25) is 0 Å². The van der Waals surface area contributed by atoms with Gasteiger partial charge in [-0.25, -0.2) is 4.68 Å². The maximum atomic E-state index is 5.95. The highest BCUT2D eigenvalue weighted by Gasteiger charge is 2.11. The summed E-state index contributed by atoms with van der Waals surface area (Å²) in [4.78, 5) is 0. The zero-order chi connectivity index (χ0) is 15.5. The molecule has 0 saturated heterocycles. The SMILES string of the molecule is COc1ccc(-c2nnnn2Cc2ccc(C)cc2)cc1N. The van der Waals surface area contributed by atoms with Crippen LogP contribution < -0.4 is 10.5 Å². The molecule has 112 valence electrons. The van der Waals surface area contributed by atoms with Gasteiger partial charge in [0.1, 0.15) is 5.75 Å². The predicted octanol–water partition coefficient (Wildman–Crippen LogP) is 2.29. The first-order chi connectivity index (χ1) is 10.7. The normalized spacial score (nSPS) is 10.6. The minimum absolute atomic E-state index is 0.560. The Bertz CT molecular complexity index is 779. The van der Waals surface area contributed by atoms with E-state index in [9.17, 15) is 0 Å². The van der Waals surface area contributed by atoms with Crippen molar-refractivity contribution in [3.63, 3.8) is 0 Å². The van der Waals surface area contributed by atoms with Gasteiger partial charge in [0, 0.05) is 5.56 Å². The zero-order valence-corrected chi connectivity index (χ0v) is 12.5. The van der Waals surface area contributed by atoms with Crippen molar-refractivity contribution in [3.8, 4) is 17.1 Å². The average molecular weight is 295 g/mol. The third-order valence-corrected chi connectivity index (χ3v) is 3.47. The van der Waals surface area contributed by atoms with Gasteiger partial charge in [-0.15, -0.1) is 5.10 Å². The topological polar surface area (TPSA) is 78.9 Å². The third-order valence-electron chi connectivity index (χ3n) is 3.47. The van der Waals surface area contributed by atoms with Crippen molar-refractivity contribution < 1.29 is 4.74 Å². The van der Waals surface area contributed by atoms with Crippen LogP contribution in [-0.2, 0) is 6.54 Å². The van der Waals surface area contributed by atoms with E-state index in [1.807, 2.05) is 18.2 Å². The highest BCUT2D eigenvalue weighted by molar-refractivity contribution is 5.66. The van der Waals surface area contributed by atoms with Crippen LogP contribution in [0.3, 0.4) is 0 Å². The number of aryl methyl sites for hydroxylation is 1. The van der Waals surface area contributed by atoms with Crippen molar-refractivity contribution in [2.24, 2.45) is 0 Å². The van der Waals surface area contributed by atoms with Gasteiger partial charge in [-0.05, 0) is 41.1 Å². The van der Waals surface area contributed by atoms with Gasteiger partial charge in [-0.3, -0.25) is 0 Å². The van der Waals surface area contributed by atoms with E-state index in [1.54, 1.807) is 11.8 Å². The molecule has 0 aliphatic carbocycles. The van der Waals surface area contributed by atoms with Crippen LogP contribution in [0.4, 0.5) is 5.69 Å². The first-order valence-corrected chi connectivity index (χ1v) is 6.93. The number of anilines is 1. The lowest BCUT2D eigenvalue weighted by Crippen LogP contribution is -2.05. The van der Waals surface area contributed by atoms with Gasteiger partial charge in [-0.1, -0.05) is 29.8 Å². The van der Waals surface area contributed by atoms with E-state index in [0.717, 1.165) is 11.1 Å². The second-order valence-electron chi connectivity index (χ2n) is 5.10. The van der Waals surface area contributed by atoms with Crippen LogP contribution in [0.2, 0.25) is 0 Å². The summed E-state index contributed by atoms with van der Waals surface area (Å²) in [7, 11) is 1.59. The molecule has 0 fully saturated rings. The summed E-state index contributed by atoms with van der Waals surface area (Å²) in [5, 5.41) is 11.9. The molecule has 0 aliphatic rings. The lowest BCUT2D eigenvalue weighted by atomic mass is 10.1. The van der Waals surface area contributed by atoms with Crippen LogP contribution in [0, 0.1) is 6.92 Å². The number of ether oxygens (including phenoxy) is 1. The van der Waals surface area contributed by atoms with E-state index in [1.165, 1.54) is 5.56 Å². The Morgan fingerprint density at radius 1 is 1.14 bits per heavy atom. The van der Waals surface area contributed by atoms with Crippen LogP contribution in [0.15, 0.2) is 42.5 Å². The number of methoxy groups -OCH3 is 1. The van der Waals surface area contributed by atoms with E-state index in [0.29, 0.717) is 23.8 Å². The molecule has 6 nitrogen and oxygen atoms in total. The molecular formula is C16H17N5O. The Morgan fingerprint density at radius 2 is 1.91 bits per heavy atom. The van der Waals surface area contributed by atoms with Crippen molar-refractivity contribution in [1.29, 1.82) is 0 Å². The van der Waals surface area contributed by atoms with E-state index >= 15 is 0 Å². The molecule has 3 aromatic rings. The molecule has 0 saturated carbocycles. The fourth-order valence-electron chi connectivity index (χ4n) is 2.26. The Morgan fingerprint density at radius 3 is 2.59 bits per heavy atom. The standard InChI is InChI=1S/C16H17N5O/c1-11-3-5-12(6-4-11)10-21-16(18-19-20-21)13-7-8-15(22-2)14(17)9-13/h3-9H,10,17H2,1-2H3. The van der Waals surface area contributed by atoms with Gasteiger partial charge in [-0.2, -0.15) is 0 Å². The Labute approximate surface area is 128 Å². The third kappa shape index (κ3) is 2.76. The largest absolute Gasteiger partial charge is 0.495 e. The molecule has 2 aromatic carbocycles. The number of rotatable bonds is 4. The van der Waals surface area contributed by atoms with Crippen molar-refractivity contribution in [2.45, 2.75) is 13.5 Å². The molecule has 0 bridgehead atoms. The number of nitrogens with zero attached hydrogens (tertiary/aromatic N) is 4. The minimum atomic E-state index is 0.560. The molecule has 22 heavy (non-hydrogen) atoms. The van der Waals surface area contributed by atoms with E-state index in [-0.39, 0.29) is 0 Å². The van der Waals surface area contributed by atoms with Crippen molar-refractivity contribution in [3.05, 3.63) is 53.6 Å². The molecule has 1 heterocycles. The fraction of sp³-hybridized carbons (Fsp3) is 0.188. The summed E-state index contributed by atoms with van der Waals surface area (Å²) in [5.74, 6) is 1.32. The lowest BCUT2D eigenvalue weighted by molar-refractivity contribution is 0.417. The molecule has 0 aliphatic heterocycles. The van der Waals surface area contributed by atoms with Gasteiger partial charge in [0.05, 0.1) is 19.3 Å². The smallest absolute Gasteiger partial charge is 0.182 e. The first kappa shape index (κ1) is 14.1. The van der Waals surface area contributed by atoms with Crippen molar-refractivity contribution in [1.82, 2.24) is 20.2 Å². The van der Waals surface area contributed by atoms with Gasteiger partial charge in [0.25, 0.3) is 0 Å². The number of hydrogen-bond donors (Lipinski definition) is 1. The molecular weight excluding hydrogens is 278 g/mol. The number of hydrogen-bond acceptors (Lipinski definition) is 5. The summed E-state index contributed by atoms with van der Waals surface area (Å²) in [6.45, 7) is 2.67. The Balaban J connectivity index is 1.91. The maximum absolute atomic E-state index is 5.95. The fourth-order valence-corrected chi connectivity index (χ4v) is 2.26. The van der Waals surface area contributed by atoms with E-state index in [2.05, 4.69) is 46.7 Å². The molecule has 0 unspecified atom stereocenters. The zero-order valence-electron chi connectivity index (χ0n) is 12.5. The molecule has 3 rings (SSSR count). The average Bonchev–Trinajstić information content (AvgIpc) is 2.97. The monoisotopic (exact) mass is 295 g/mol. The highest BCUT2D eigenvalue weighted by Crippen LogP contribution is 2.27. The molecule has 0 spiro atoms. The number of nitrogens with two attached hydrogens (primary N) is 1. The number of aromatic nitrogens is 4. The summed E-state index contributed by atoms with van der Waals surface area (Å²) in [6.07, 6.45) is 0. The second kappa shape index (κ2) is 5.85. The predicted molar refractivity (Wildman–Crippen MR) is 84.5 cm³/mol. The molecule has 0 atom stereocenters. The van der Waals surface area contributed by atoms with Crippen LogP contribution >= 0.6 is 0 Å². The number of benzene rings is 2. The Kier molecular flexibility index (Phi) is 3.74. The first-order valence-electron chi connectivity index (χ1n) is 6.93. The minimum Gasteiger partial charge on any atom is -0.495 e. The second-order valence-corrected chi connectivity index (χ2v) is 5.10. The van der Waals surface area contributed by atoms with Gasteiger partial charge < -0.3 is 10.5 Å². The molecule has 0 amide bonds. The van der Waals surface area contributed by atoms with E-state index < -0.39 is 0 Å². The number of tetrazole rings is 1. The number of nitrogen functional groups attached to an aromatic ring is 1. The lowest BCUT2D eigenvalue weighted by Gasteiger charge is -2.08. The van der Waals surface area contributed by atoms with Crippen LogP contribution in [0.5, 0.6) is 5.75 Å². The van der Waals surface area contributed by atoms with Gasteiger partial charge in [0.15, 0.2) is 5.82 Å². The summed E-state index contributed by atoms with van der Waals surface area (Å²) >= 11 is 0. The van der Waals surface area contributed by atoms with Crippen LogP contribution in [0.1, 0.15) is 11.1 Å². The summed E-state index contributed by atoms with van der Waals surface area (Å²) in [5.41, 5.74) is 9.74. The molecule has 6 heteroatoms. The maximum Gasteiger partial charge on any atom is 0.182 e. The summed E-state index contributed by atoms with van der Waals surface area (Å²) in [6, 6.07) is 13.8.